The van der Waals surface area contributed by atoms with Crippen LogP contribution in [0.4, 0.5) is 18.9 Å². The Labute approximate surface area is 168 Å². The van der Waals surface area contributed by atoms with Gasteiger partial charge in [-0.2, -0.15) is 13.5 Å². The zero-order valence-electron chi connectivity index (χ0n) is 15.6. The van der Waals surface area contributed by atoms with Crippen molar-refractivity contribution in [2.24, 2.45) is 0 Å². The molecule has 1 aliphatic heterocycles. The Morgan fingerprint density at radius 3 is 2.83 bits per heavy atom. The minimum absolute atomic E-state index is 0.105. The number of hydrogen-bond donors (Lipinski definition) is 1. The number of halogens is 3. The van der Waals surface area contributed by atoms with E-state index < -0.39 is 29.1 Å². The van der Waals surface area contributed by atoms with Crippen LogP contribution in [0.3, 0.4) is 0 Å². The molecule has 0 fully saturated rings. The zero-order valence-corrected chi connectivity index (χ0v) is 15.6. The summed E-state index contributed by atoms with van der Waals surface area (Å²) in [5.41, 5.74) is 6.60. The number of ether oxygens (including phenoxy) is 2. The van der Waals surface area contributed by atoms with E-state index in [1.54, 1.807) is 18.2 Å². The molecular weight excluding hydrogens is 403 g/mol. The molecule has 1 atom stereocenters. The Kier molecular flexibility index (Phi) is 4.72. The Morgan fingerprint density at radius 1 is 1.27 bits per heavy atom. The minimum Gasteiger partial charge on any atom is -0.463 e. The molecule has 0 spiro atoms. The predicted octanol–water partition coefficient (Wildman–Crippen LogP) is 2.49. The van der Waals surface area contributed by atoms with Gasteiger partial charge in [0.2, 0.25) is 0 Å². The summed E-state index contributed by atoms with van der Waals surface area (Å²) in [5.74, 6) is -4.55. The first-order chi connectivity index (χ1) is 14.3. The Morgan fingerprint density at radius 2 is 2.07 bits per heavy atom. The fraction of sp³-hybridized carbons (Fsp3) is 0.211. The molecule has 8 nitrogen and oxygen atoms in total. The maximum atomic E-state index is 14.2. The summed E-state index contributed by atoms with van der Waals surface area (Å²) in [7, 11) is 0. The van der Waals surface area contributed by atoms with Crippen LogP contribution in [-0.2, 0) is 16.0 Å². The smallest absolute Gasteiger partial charge is 0.371 e. The van der Waals surface area contributed by atoms with Gasteiger partial charge in [0, 0.05) is 5.69 Å². The average molecular weight is 419 g/mol. The van der Waals surface area contributed by atoms with Crippen LogP contribution in [0, 0.1) is 6.92 Å². The van der Waals surface area contributed by atoms with Gasteiger partial charge in [-0.3, -0.25) is 0 Å². The molecule has 1 unspecified atom stereocenters. The van der Waals surface area contributed by atoms with Gasteiger partial charge in [-0.05, 0) is 46.7 Å². The molecule has 156 valence electrons. The maximum Gasteiger partial charge on any atom is 0.371 e. The van der Waals surface area contributed by atoms with Gasteiger partial charge in [0.15, 0.2) is 18.2 Å². The number of hydrogen-bond acceptors (Lipinski definition) is 6. The van der Waals surface area contributed by atoms with Crippen molar-refractivity contribution >= 4 is 11.6 Å². The highest BCUT2D eigenvalue weighted by Crippen LogP contribution is 2.39. The molecule has 4 rings (SSSR count). The summed E-state index contributed by atoms with van der Waals surface area (Å²) < 4.78 is 54.1. The van der Waals surface area contributed by atoms with Gasteiger partial charge in [0.05, 0.1) is 12.1 Å². The molecular formula is C19H16F3N5O3. The lowest BCUT2D eigenvalue weighted by Crippen LogP contribution is -2.34. The van der Waals surface area contributed by atoms with E-state index in [0.717, 1.165) is 51.2 Å². The van der Waals surface area contributed by atoms with Crippen molar-refractivity contribution in [3.05, 3.63) is 81.9 Å². The SMILES string of the molecule is Cc1cc(Cn2nnn(C3=COC=C(C4=CC=CC(F)C4(F)F)O3)c2=O)ccc1N. The van der Waals surface area contributed by atoms with Gasteiger partial charge in [0.25, 0.3) is 5.88 Å². The van der Waals surface area contributed by atoms with Crippen LogP contribution in [0.5, 0.6) is 0 Å². The second-order valence-electron chi connectivity index (χ2n) is 6.69. The van der Waals surface area contributed by atoms with Gasteiger partial charge >= 0.3 is 11.6 Å². The lowest BCUT2D eigenvalue weighted by molar-refractivity contribution is -0.0220. The second-order valence-corrected chi connectivity index (χ2v) is 6.69. The second kappa shape index (κ2) is 7.25. The summed E-state index contributed by atoms with van der Waals surface area (Å²) in [6.45, 7) is 1.94. The van der Waals surface area contributed by atoms with E-state index in [2.05, 4.69) is 10.4 Å². The molecule has 1 aromatic heterocycles. The van der Waals surface area contributed by atoms with Gasteiger partial charge < -0.3 is 15.2 Å². The number of aryl methyl sites for hydroxylation is 1. The van der Waals surface area contributed by atoms with Crippen molar-refractivity contribution in [2.75, 3.05) is 5.73 Å². The average Bonchev–Trinajstić information content (AvgIpc) is 3.07. The van der Waals surface area contributed by atoms with Crippen LogP contribution in [0.2, 0.25) is 0 Å². The number of allylic oxidation sites excluding steroid dienone is 4. The number of nitrogens with zero attached hydrogens (tertiary/aromatic N) is 4. The topological polar surface area (TPSA) is 97.2 Å². The third-order valence-corrected chi connectivity index (χ3v) is 4.59. The van der Waals surface area contributed by atoms with Crippen molar-refractivity contribution < 1.29 is 22.6 Å². The summed E-state index contributed by atoms with van der Waals surface area (Å²) >= 11 is 0. The standard InChI is InChI=1S/C19H16F3N5O3/c1-11-7-12(5-6-14(11)23)8-26-18(28)27(25-24-26)17-10-29-9-15(30-17)13-3-2-4-16(20)19(13,21)22/h2-7,9-10,16H,8,23H2,1H3. The number of rotatable bonds is 4. The van der Waals surface area contributed by atoms with E-state index in [0.29, 0.717) is 5.69 Å². The van der Waals surface area contributed by atoms with Crippen LogP contribution in [0.25, 0.3) is 5.88 Å². The van der Waals surface area contributed by atoms with Crippen LogP contribution in [-0.4, -0.2) is 31.9 Å². The molecule has 2 aromatic rings. The largest absolute Gasteiger partial charge is 0.463 e. The number of aromatic nitrogens is 4. The van der Waals surface area contributed by atoms with E-state index in [-0.39, 0.29) is 12.4 Å². The van der Waals surface area contributed by atoms with Crippen molar-refractivity contribution in [1.29, 1.82) is 0 Å². The number of nitrogens with two attached hydrogens (primary N) is 1. The van der Waals surface area contributed by atoms with Gasteiger partial charge in [0.1, 0.15) is 6.26 Å². The summed E-state index contributed by atoms with van der Waals surface area (Å²) in [6.07, 6.45) is 2.28. The van der Waals surface area contributed by atoms with Gasteiger partial charge in [-0.15, -0.1) is 4.68 Å². The van der Waals surface area contributed by atoms with E-state index in [9.17, 15) is 18.0 Å². The molecule has 0 radical (unpaired) electrons. The number of alkyl halides is 3. The molecule has 0 saturated heterocycles. The maximum absolute atomic E-state index is 14.2. The Balaban J connectivity index is 1.56. The summed E-state index contributed by atoms with van der Waals surface area (Å²) in [5, 5.41) is 7.48. The van der Waals surface area contributed by atoms with E-state index in [1.165, 1.54) is 0 Å². The van der Waals surface area contributed by atoms with Crippen LogP contribution < -0.4 is 11.4 Å². The highest BCUT2D eigenvalue weighted by atomic mass is 19.3. The van der Waals surface area contributed by atoms with Crippen molar-refractivity contribution in [3.8, 4) is 0 Å². The molecule has 2 heterocycles. The monoisotopic (exact) mass is 419 g/mol. The molecule has 30 heavy (non-hydrogen) atoms. The van der Waals surface area contributed by atoms with Crippen molar-refractivity contribution in [3.63, 3.8) is 0 Å². The Hall–Kier alpha value is -3.76. The number of tetrazole rings is 1. The molecule has 0 saturated carbocycles. The molecule has 0 bridgehead atoms. The number of anilines is 1. The fourth-order valence-corrected chi connectivity index (χ4v) is 2.92. The highest BCUT2D eigenvalue weighted by molar-refractivity contribution is 5.48. The number of nitrogen functional groups attached to an aromatic ring is 1. The molecule has 11 heteroatoms. The molecule has 2 N–H and O–H groups in total. The third-order valence-electron chi connectivity index (χ3n) is 4.59. The van der Waals surface area contributed by atoms with Crippen LogP contribution in [0.1, 0.15) is 11.1 Å². The van der Waals surface area contributed by atoms with Gasteiger partial charge in [-0.25, -0.2) is 9.18 Å². The fourth-order valence-electron chi connectivity index (χ4n) is 2.92. The quantitative estimate of drug-likeness (QED) is 0.765. The summed E-state index contributed by atoms with van der Waals surface area (Å²) in [6, 6.07) is 5.26. The van der Waals surface area contributed by atoms with E-state index >= 15 is 0 Å². The first-order valence-electron chi connectivity index (χ1n) is 8.80. The van der Waals surface area contributed by atoms with Crippen LogP contribution >= 0.6 is 0 Å². The van der Waals surface area contributed by atoms with E-state index in [4.69, 9.17) is 15.2 Å². The minimum atomic E-state index is -3.82. The van der Waals surface area contributed by atoms with Crippen LogP contribution in [0.15, 0.2) is 65.1 Å². The molecule has 1 aliphatic carbocycles. The Bertz CT molecular complexity index is 1180. The normalized spacial score (nSPS) is 20.0. The van der Waals surface area contributed by atoms with Crippen molar-refractivity contribution in [1.82, 2.24) is 19.8 Å². The lowest BCUT2D eigenvalue weighted by atomic mass is 9.97. The van der Waals surface area contributed by atoms with Crippen molar-refractivity contribution in [2.45, 2.75) is 25.6 Å². The molecule has 2 aliphatic rings. The summed E-state index contributed by atoms with van der Waals surface area (Å²) in [4.78, 5) is 12.6. The molecule has 0 amide bonds. The lowest BCUT2D eigenvalue weighted by Gasteiger charge is -2.26. The highest BCUT2D eigenvalue weighted by Gasteiger charge is 2.47. The predicted molar refractivity (Wildman–Crippen MR) is 101 cm³/mol. The van der Waals surface area contributed by atoms with E-state index in [1.807, 2.05) is 6.92 Å². The number of benzene rings is 1. The molecule has 1 aromatic carbocycles. The third kappa shape index (κ3) is 3.38. The zero-order chi connectivity index (χ0) is 21.5. The first-order valence-corrected chi connectivity index (χ1v) is 8.80. The first kappa shape index (κ1) is 19.6. The van der Waals surface area contributed by atoms with Gasteiger partial charge in [-0.1, -0.05) is 18.2 Å².